The monoisotopic (exact) mass is 413 g/mol. The van der Waals surface area contributed by atoms with Gasteiger partial charge in [0, 0.05) is 32.2 Å². The molecular formula is C22H31N5O3. The molecule has 1 aromatic carbocycles. The van der Waals surface area contributed by atoms with Crippen LogP contribution in [0.2, 0.25) is 0 Å². The smallest absolute Gasteiger partial charge is 0.287 e. The van der Waals surface area contributed by atoms with Crippen molar-refractivity contribution in [3.63, 3.8) is 0 Å². The first-order valence-corrected chi connectivity index (χ1v) is 10.4. The number of methoxy groups -OCH3 is 1. The van der Waals surface area contributed by atoms with E-state index in [2.05, 4.69) is 38.0 Å². The fourth-order valence-electron chi connectivity index (χ4n) is 3.70. The Morgan fingerprint density at radius 1 is 1.13 bits per heavy atom. The van der Waals surface area contributed by atoms with E-state index in [-0.39, 0.29) is 11.9 Å². The number of aliphatic imine (C=N–C) groups is 1. The van der Waals surface area contributed by atoms with Crippen molar-refractivity contribution in [1.29, 1.82) is 0 Å². The van der Waals surface area contributed by atoms with E-state index < -0.39 is 0 Å². The lowest BCUT2D eigenvalue weighted by Gasteiger charge is -2.30. The Morgan fingerprint density at radius 2 is 1.90 bits per heavy atom. The van der Waals surface area contributed by atoms with Crippen molar-refractivity contribution in [2.24, 2.45) is 4.99 Å². The number of likely N-dealkylation sites (tertiary alicyclic amines) is 1. The predicted octanol–water partition coefficient (Wildman–Crippen LogP) is 2.02. The van der Waals surface area contributed by atoms with Gasteiger partial charge in [0.1, 0.15) is 5.75 Å². The number of nitrogens with one attached hydrogen (secondary N) is 3. The number of furan rings is 1. The molecule has 0 bridgehead atoms. The minimum Gasteiger partial charge on any atom is -0.496 e. The molecule has 1 amide bonds. The second-order valence-corrected chi connectivity index (χ2v) is 7.11. The summed E-state index contributed by atoms with van der Waals surface area (Å²) in [5, 5.41) is 9.47. The van der Waals surface area contributed by atoms with Crippen LogP contribution in [0.15, 0.2) is 52.1 Å². The highest BCUT2D eigenvalue weighted by atomic mass is 16.5. The first-order chi connectivity index (χ1) is 14.7. The predicted molar refractivity (Wildman–Crippen MR) is 117 cm³/mol. The first-order valence-electron chi connectivity index (χ1n) is 10.4. The van der Waals surface area contributed by atoms with Crippen LogP contribution in [0.1, 0.15) is 35.0 Å². The molecule has 0 aliphatic carbocycles. The molecule has 8 nitrogen and oxygen atoms in total. The van der Waals surface area contributed by atoms with E-state index in [0.717, 1.165) is 18.8 Å². The summed E-state index contributed by atoms with van der Waals surface area (Å²) in [4.78, 5) is 18.7. The second kappa shape index (κ2) is 11.3. The Morgan fingerprint density at radius 3 is 2.60 bits per heavy atom. The van der Waals surface area contributed by atoms with Crippen LogP contribution >= 0.6 is 0 Å². The van der Waals surface area contributed by atoms with Crippen molar-refractivity contribution < 1.29 is 13.9 Å². The molecule has 3 N–H and O–H groups in total. The summed E-state index contributed by atoms with van der Waals surface area (Å²) in [7, 11) is 3.45. The van der Waals surface area contributed by atoms with Crippen LogP contribution in [0.5, 0.6) is 5.75 Å². The summed E-state index contributed by atoms with van der Waals surface area (Å²) in [6, 6.07) is 11.7. The van der Waals surface area contributed by atoms with Crippen LogP contribution in [0, 0.1) is 0 Å². The molecular weight excluding hydrogens is 382 g/mol. The van der Waals surface area contributed by atoms with E-state index in [1.807, 2.05) is 12.1 Å². The topological polar surface area (TPSA) is 91.1 Å². The standard InChI is InChI=1S/C22H31N5O3/c1-23-22(25-12-11-24-21(28)20-10-7-15-30-20)26-16-18(27-13-5-6-14-27)17-8-3-4-9-19(17)29-2/h3-4,7-10,15,18H,5-6,11-14,16H2,1-2H3,(H,24,28)(H2,23,25,26). The van der Waals surface area contributed by atoms with Gasteiger partial charge in [0.2, 0.25) is 0 Å². The first kappa shape index (κ1) is 21.7. The Bertz CT molecular complexity index is 816. The number of benzene rings is 1. The van der Waals surface area contributed by atoms with Crippen molar-refractivity contribution in [1.82, 2.24) is 20.9 Å². The molecule has 1 saturated heterocycles. The lowest BCUT2D eigenvalue weighted by molar-refractivity contribution is 0.0926. The van der Waals surface area contributed by atoms with Crippen molar-refractivity contribution in [3.8, 4) is 5.75 Å². The molecule has 162 valence electrons. The van der Waals surface area contributed by atoms with Crippen LogP contribution in [-0.2, 0) is 0 Å². The molecule has 1 aromatic heterocycles. The zero-order valence-electron chi connectivity index (χ0n) is 17.7. The van der Waals surface area contributed by atoms with Crippen LogP contribution in [0.25, 0.3) is 0 Å². The molecule has 0 radical (unpaired) electrons. The number of nitrogens with zero attached hydrogens (tertiary/aromatic N) is 2. The van der Waals surface area contributed by atoms with Gasteiger partial charge in [-0.2, -0.15) is 0 Å². The third-order valence-electron chi connectivity index (χ3n) is 5.21. The summed E-state index contributed by atoms with van der Waals surface area (Å²) in [5.74, 6) is 1.68. The summed E-state index contributed by atoms with van der Waals surface area (Å²) >= 11 is 0. The Kier molecular flexibility index (Phi) is 8.14. The van der Waals surface area contributed by atoms with Gasteiger partial charge in [-0.15, -0.1) is 0 Å². The Balaban J connectivity index is 1.52. The average molecular weight is 414 g/mol. The van der Waals surface area contributed by atoms with Crippen molar-refractivity contribution in [2.45, 2.75) is 18.9 Å². The normalized spacial score (nSPS) is 15.6. The van der Waals surface area contributed by atoms with Gasteiger partial charge >= 0.3 is 0 Å². The fraction of sp³-hybridized carbons (Fsp3) is 0.455. The molecule has 3 rings (SSSR count). The maximum atomic E-state index is 11.9. The number of carbonyl (C=O) groups is 1. The minimum absolute atomic E-state index is 0.195. The maximum absolute atomic E-state index is 11.9. The average Bonchev–Trinajstić information content (AvgIpc) is 3.50. The largest absolute Gasteiger partial charge is 0.496 e. The molecule has 2 heterocycles. The van der Waals surface area contributed by atoms with Gasteiger partial charge in [-0.3, -0.25) is 14.7 Å². The molecule has 1 unspecified atom stereocenters. The van der Waals surface area contributed by atoms with Crippen molar-refractivity contribution >= 4 is 11.9 Å². The van der Waals surface area contributed by atoms with Crippen molar-refractivity contribution in [2.75, 3.05) is 46.9 Å². The van der Waals surface area contributed by atoms with E-state index in [9.17, 15) is 4.79 Å². The molecule has 0 spiro atoms. The Labute approximate surface area is 177 Å². The molecule has 2 aromatic rings. The number of guanidine groups is 1. The van der Waals surface area contributed by atoms with Crippen LogP contribution in [-0.4, -0.2) is 63.6 Å². The van der Waals surface area contributed by atoms with Gasteiger partial charge in [0.15, 0.2) is 11.7 Å². The number of rotatable bonds is 9. The summed E-state index contributed by atoms with van der Waals surface area (Å²) < 4.78 is 10.7. The van der Waals surface area contributed by atoms with E-state index in [1.54, 1.807) is 26.3 Å². The van der Waals surface area contributed by atoms with Crippen LogP contribution < -0.4 is 20.7 Å². The Hall–Kier alpha value is -3.00. The quantitative estimate of drug-likeness (QED) is 0.331. The molecule has 1 aliphatic rings. The van der Waals surface area contributed by atoms with Crippen LogP contribution in [0.4, 0.5) is 0 Å². The van der Waals surface area contributed by atoms with Crippen LogP contribution in [0.3, 0.4) is 0 Å². The minimum atomic E-state index is -0.227. The highest BCUT2D eigenvalue weighted by molar-refractivity contribution is 5.91. The number of hydrogen-bond acceptors (Lipinski definition) is 5. The third kappa shape index (κ3) is 5.76. The molecule has 1 aliphatic heterocycles. The van der Waals surface area contributed by atoms with E-state index in [1.165, 1.54) is 24.7 Å². The lowest BCUT2D eigenvalue weighted by atomic mass is 10.0. The van der Waals surface area contributed by atoms with Gasteiger partial charge in [0.25, 0.3) is 5.91 Å². The number of amides is 1. The summed E-state index contributed by atoms with van der Waals surface area (Å²) in [6.07, 6.45) is 3.92. The molecule has 1 fully saturated rings. The lowest BCUT2D eigenvalue weighted by Crippen LogP contribution is -2.44. The zero-order chi connectivity index (χ0) is 21.2. The maximum Gasteiger partial charge on any atom is 0.287 e. The van der Waals surface area contributed by atoms with Gasteiger partial charge < -0.3 is 25.1 Å². The van der Waals surface area contributed by atoms with Gasteiger partial charge in [0.05, 0.1) is 19.4 Å². The second-order valence-electron chi connectivity index (χ2n) is 7.11. The van der Waals surface area contributed by atoms with E-state index >= 15 is 0 Å². The number of carbonyl (C=O) groups excluding carboxylic acids is 1. The van der Waals surface area contributed by atoms with E-state index in [0.29, 0.717) is 31.4 Å². The van der Waals surface area contributed by atoms with E-state index in [4.69, 9.17) is 9.15 Å². The molecule has 8 heteroatoms. The van der Waals surface area contributed by atoms with Gasteiger partial charge in [-0.1, -0.05) is 18.2 Å². The number of hydrogen-bond donors (Lipinski definition) is 3. The highest BCUT2D eigenvalue weighted by Crippen LogP contribution is 2.31. The van der Waals surface area contributed by atoms with Crippen molar-refractivity contribution in [3.05, 3.63) is 54.0 Å². The molecule has 1 atom stereocenters. The summed E-state index contributed by atoms with van der Waals surface area (Å²) in [5.41, 5.74) is 1.18. The van der Waals surface area contributed by atoms with Gasteiger partial charge in [-0.25, -0.2) is 0 Å². The highest BCUT2D eigenvalue weighted by Gasteiger charge is 2.26. The van der Waals surface area contributed by atoms with Gasteiger partial charge in [-0.05, 0) is 44.1 Å². The SMILES string of the molecule is CN=C(NCCNC(=O)c1ccco1)NCC(c1ccccc1OC)N1CCCC1. The molecule has 30 heavy (non-hydrogen) atoms. The number of para-hydroxylation sites is 1. The zero-order valence-corrected chi connectivity index (χ0v) is 17.7. The fourth-order valence-corrected chi connectivity index (χ4v) is 3.70. The summed E-state index contributed by atoms with van der Waals surface area (Å²) in [6.45, 7) is 3.88. The third-order valence-corrected chi connectivity index (χ3v) is 5.21. The molecule has 0 saturated carbocycles. The number of ether oxygens (including phenoxy) is 1.